The summed E-state index contributed by atoms with van der Waals surface area (Å²) in [4.78, 5) is 26.5. The second kappa shape index (κ2) is 8.18. The molecule has 172 valence electrons. The van der Waals surface area contributed by atoms with Crippen molar-refractivity contribution in [2.45, 2.75) is 32.9 Å². The Bertz CT molecular complexity index is 1370. The van der Waals surface area contributed by atoms with E-state index in [0.717, 1.165) is 49.5 Å². The van der Waals surface area contributed by atoms with Gasteiger partial charge in [0, 0.05) is 61.7 Å². The van der Waals surface area contributed by atoms with E-state index < -0.39 is 0 Å². The van der Waals surface area contributed by atoms with Gasteiger partial charge in [-0.05, 0) is 55.3 Å². The molecular weight excluding hydrogens is 428 g/mol. The minimum atomic E-state index is 0.0454. The van der Waals surface area contributed by atoms with Crippen LogP contribution in [0.4, 0.5) is 11.6 Å². The fraction of sp³-hybridized carbons (Fsp3) is 0.320. The van der Waals surface area contributed by atoms with Gasteiger partial charge >= 0.3 is 0 Å². The lowest BCUT2D eigenvalue weighted by Crippen LogP contribution is -2.61. The molecule has 4 heterocycles. The van der Waals surface area contributed by atoms with Gasteiger partial charge in [-0.2, -0.15) is 0 Å². The lowest BCUT2D eigenvalue weighted by Gasteiger charge is -2.46. The molecule has 2 aromatic heterocycles. The number of aromatic amines is 1. The first-order valence-corrected chi connectivity index (χ1v) is 11.6. The molecule has 2 N–H and O–H groups in total. The Balaban J connectivity index is 1.08. The average molecular weight is 455 g/mol. The second-order valence-corrected chi connectivity index (χ2v) is 9.30. The van der Waals surface area contributed by atoms with Gasteiger partial charge in [0.05, 0.1) is 11.2 Å². The van der Waals surface area contributed by atoms with Crippen LogP contribution in [0.1, 0.15) is 32.7 Å². The van der Waals surface area contributed by atoms with Gasteiger partial charge in [-0.25, -0.2) is 9.97 Å². The number of rotatable bonds is 4. The van der Waals surface area contributed by atoms with Crippen molar-refractivity contribution >= 4 is 28.6 Å². The molecule has 0 saturated carbocycles. The molecule has 2 aliphatic rings. The molecule has 9 nitrogen and oxygen atoms in total. The van der Waals surface area contributed by atoms with E-state index in [2.05, 4.69) is 62.7 Å². The Morgan fingerprint density at radius 3 is 2.76 bits per heavy atom. The number of carbonyl (C=O) groups is 1. The third-order valence-electron chi connectivity index (χ3n) is 6.68. The standard InChI is InChI=1S/C25H26N8O/c1-15-7-16(2)9-19(8-15)27-25-26-11-18-12-32(6-5-21(18)28-25)20-13-33(14-20)24(34)17-3-4-22-23(10-17)30-31-29-22/h3-4,7-11,20H,5-6,12-14H2,1-2H3,(H,26,27,28)(H,29,30,31). The van der Waals surface area contributed by atoms with E-state index in [0.29, 0.717) is 23.1 Å². The number of nitrogens with zero attached hydrogens (tertiary/aromatic N) is 6. The van der Waals surface area contributed by atoms with Gasteiger partial charge in [0.2, 0.25) is 5.95 Å². The van der Waals surface area contributed by atoms with Crippen LogP contribution >= 0.6 is 0 Å². The Morgan fingerprint density at radius 1 is 1.12 bits per heavy atom. The molecule has 1 amide bonds. The summed E-state index contributed by atoms with van der Waals surface area (Å²) in [6.07, 6.45) is 2.82. The van der Waals surface area contributed by atoms with E-state index in [1.54, 1.807) is 6.07 Å². The SMILES string of the molecule is Cc1cc(C)cc(Nc2ncc3c(n2)CCN(C2CN(C(=O)c4ccc5[nH]nnc5c4)C2)C3)c1. The van der Waals surface area contributed by atoms with Gasteiger partial charge in [0.25, 0.3) is 5.91 Å². The van der Waals surface area contributed by atoms with Gasteiger partial charge in [-0.1, -0.05) is 11.3 Å². The highest BCUT2D eigenvalue weighted by Gasteiger charge is 2.36. The number of H-pyrrole nitrogens is 1. The minimum Gasteiger partial charge on any atom is -0.335 e. The molecule has 0 spiro atoms. The summed E-state index contributed by atoms with van der Waals surface area (Å²) < 4.78 is 0. The molecule has 0 unspecified atom stereocenters. The molecule has 1 saturated heterocycles. The number of hydrogen-bond donors (Lipinski definition) is 2. The van der Waals surface area contributed by atoms with E-state index in [1.165, 1.54) is 16.7 Å². The zero-order valence-corrected chi connectivity index (χ0v) is 19.2. The lowest BCUT2D eigenvalue weighted by molar-refractivity contribution is 0.0216. The summed E-state index contributed by atoms with van der Waals surface area (Å²) >= 11 is 0. The van der Waals surface area contributed by atoms with Crippen LogP contribution in [0, 0.1) is 13.8 Å². The maximum absolute atomic E-state index is 12.9. The zero-order chi connectivity index (χ0) is 23.2. The van der Waals surface area contributed by atoms with E-state index in [9.17, 15) is 4.79 Å². The number of likely N-dealkylation sites (tertiary alicyclic amines) is 1. The second-order valence-electron chi connectivity index (χ2n) is 9.30. The van der Waals surface area contributed by atoms with E-state index in [-0.39, 0.29) is 5.91 Å². The fourth-order valence-corrected chi connectivity index (χ4v) is 4.90. The zero-order valence-electron chi connectivity index (χ0n) is 19.2. The highest BCUT2D eigenvalue weighted by molar-refractivity contribution is 5.97. The predicted octanol–water partition coefficient (Wildman–Crippen LogP) is 2.99. The summed E-state index contributed by atoms with van der Waals surface area (Å²) in [6, 6.07) is 12.2. The Hall–Kier alpha value is -3.85. The van der Waals surface area contributed by atoms with Crippen molar-refractivity contribution < 1.29 is 4.79 Å². The van der Waals surface area contributed by atoms with Crippen LogP contribution in [0.15, 0.2) is 42.6 Å². The molecule has 0 aliphatic carbocycles. The van der Waals surface area contributed by atoms with E-state index in [4.69, 9.17) is 4.98 Å². The molecular formula is C25H26N8O. The molecule has 2 aliphatic heterocycles. The van der Waals surface area contributed by atoms with Crippen LogP contribution in [-0.4, -0.2) is 66.8 Å². The van der Waals surface area contributed by atoms with E-state index >= 15 is 0 Å². The van der Waals surface area contributed by atoms with Crippen molar-refractivity contribution in [2.75, 3.05) is 25.0 Å². The molecule has 34 heavy (non-hydrogen) atoms. The molecule has 4 aromatic rings. The first kappa shape index (κ1) is 20.7. The highest BCUT2D eigenvalue weighted by atomic mass is 16.2. The topological polar surface area (TPSA) is 103 Å². The first-order valence-electron chi connectivity index (χ1n) is 11.6. The largest absolute Gasteiger partial charge is 0.335 e. The van der Waals surface area contributed by atoms with Crippen LogP contribution in [0.3, 0.4) is 0 Å². The van der Waals surface area contributed by atoms with Crippen molar-refractivity contribution in [3.05, 3.63) is 70.5 Å². The number of nitrogens with one attached hydrogen (secondary N) is 2. The highest BCUT2D eigenvalue weighted by Crippen LogP contribution is 2.26. The summed E-state index contributed by atoms with van der Waals surface area (Å²) in [5.41, 5.74) is 7.90. The Labute approximate surface area is 197 Å². The lowest BCUT2D eigenvalue weighted by atomic mass is 10.00. The fourth-order valence-electron chi connectivity index (χ4n) is 4.90. The molecule has 6 rings (SSSR count). The number of aryl methyl sites for hydroxylation is 2. The third-order valence-corrected chi connectivity index (χ3v) is 6.68. The third kappa shape index (κ3) is 3.88. The Morgan fingerprint density at radius 2 is 1.94 bits per heavy atom. The number of fused-ring (bicyclic) bond motifs is 2. The monoisotopic (exact) mass is 454 g/mol. The number of anilines is 2. The first-order chi connectivity index (χ1) is 16.5. The van der Waals surface area contributed by atoms with Crippen LogP contribution in [-0.2, 0) is 13.0 Å². The summed E-state index contributed by atoms with van der Waals surface area (Å²) in [7, 11) is 0. The van der Waals surface area contributed by atoms with Gasteiger partial charge in [-0.15, -0.1) is 5.10 Å². The quantitative estimate of drug-likeness (QED) is 0.489. The van der Waals surface area contributed by atoms with Crippen LogP contribution in [0.2, 0.25) is 0 Å². The van der Waals surface area contributed by atoms with Crippen molar-refractivity contribution in [2.24, 2.45) is 0 Å². The van der Waals surface area contributed by atoms with Crippen molar-refractivity contribution in [1.82, 2.24) is 35.2 Å². The normalized spacial score (nSPS) is 16.4. The number of aromatic nitrogens is 5. The predicted molar refractivity (Wildman–Crippen MR) is 129 cm³/mol. The number of benzene rings is 2. The summed E-state index contributed by atoms with van der Waals surface area (Å²) in [5, 5.41) is 14.0. The van der Waals surface area contributed by atoms with Crippen molar-refractivity contribution in [3.63, 3.8) is 0 Å². The van der Waals surface area contributed by atoms with Gasteiger partial charge in [-0.3, -0.25) is 14.8 Å². The van der Waals surface area contributed by atoms with Crippen LogP contribution in [0.5, 0.6) is 0 Å². The minimum absolute atomic E-state index is 0.0454. The molecule has 2 aromatic carbocycles. The molecule has 0 atom stereocenters. The smallest absolute Gasteiger partial charge is 0.254 e. The van der Waals surface area contributed by atoms with Gasteiger partial charge in [0.1, 0.15) is 5.52 Å². The number of amides is 1. The molecule has 1 fully saturated rings. The van der Waals surface area contributed by atoms with Gasteiger partial charge in [0.15, 0.2) is 0 Å². The van der Waals surface area contributed by atoms with Crippen molar-refractivity contribution in [3.8, 4) is 0 Å². The Kier molecular flexibility index (Phi) is 4.99. The van der Waals surface area contributed by atoms with Gasteiger partial charge < -0.3 is 10.2 Å². The molecule has 0 radical (unpaired) electrons. The number of carbonyl (C=O) groups excluding carboxylic acids is 1. The summed E-state index contributed by atoms with van der Waals surface area (Å²) in [5.74, 6) is 0.686. The maximum Gasteiger partial charge on any atom is 0.254 e. The number of hydrogen-bond acceptors (Lipinski definition) is 7. The van der Waals surface area contributed by atoms with Crippen molar-refractivity contribution in [1.29, 1.82) is 0 Å². The maximum atomic E-state index is 12.9. The molecule has 9 heteroatoms. The van der Waals surface area contributed by atoms with E-state index in [1.807, 2.05) is 23.2 Å². The summed E-state index contributed by atoms with van der Waals surface area (Å²) in [6.45, 7) is 7.40. The van der Waals surface area contributed by atoms with Crippen LogP contribution in [0.25, 0.3) is 11.0 Å². The van der Waals surface area contributed by atoms with Crippen LogP contribution < -0.4 is 5.32 Å². The molecule has 0 bridgehead atoms. The average Bonchev–Trinajstić information content (AvgIpc) is 3.25.